The lowest BCUT2D eigenvalue weighted by Crippen LogP contribution is -2.18. The summed E-state index contributed by atoms with van der Waals surface area (Å²) in [4.78, 5) is 11.0. The Kier molecular flexibility index (Phi) is 9.31. The number of rotatable bonds is 10. The summed E-state index contributed by atoms with van der Waals surface area (Å²) in [6.07, 6.45) is 4.38. The van der Waals surface area contributed by atoms with E-state index in [2.05, 4.69) is 11.4 Å². The number of unbranched alkanes of at least 4 members (excludes halogenated alkanes) is 1. The van der Waals surface area contributed by atoms with E-state index in [1.165, 1.54) is 0 Å². The maximum Gasteiger partial charge on any atom is 0.305 e. The molecule has 0 aromatic heterocycles. The molecule has 0 saturated heterocycles. The molecule has 104 valence electrons. The highest BCUT2D eigenvalue weighted by Crippen LogP contribution is 2.21. The maximum atomic E-state index is 11.0. The van der Waals surface area contributed by atoms with Gasteiger partial charge in [-0.3, -0.25) is 4.79 Å². The molecular formula is C14H26N2O2. The fourth-order valence-electron chi connectivity index (χ4n) is 1.59. The zero-order valence-corrected chi connectivity index (χ0v) is 11.9. The molecule has 0 amide bonds. The molecule has 0 heterocycles. The molecule has 1 N–H and O–H groups in total. The number of nitriles is 1. The summed E-state index contributed by atoms with van der Waals surface area (Å²) in [7, 11) is 0. The van der Waals surface area contributed by atoms with Gasteiger partial charge in [-0.05, 0) is 53.1 Å². The second kappa shape index (κ2) is 9.90. The van der Waals surface area contributed by atoms with E-state index in [0.717, 1.165) is 38.8 Å². The van der Waals surface area contributed by atoms with Crippen LogP contribution in [0.15, 0.2) is 0 Å². The first-order valence-electron chi connectivity index (χ1n) is 6.79. The zero-order chi connectivity index (χ0) is 13.9. The lowest BCUT2D eigenvalue weighted by atomic mass is 9.89. The van der Waals surface area contributed by atoms with Crippen LogP contribution in [0.3, 0.4) is 0 Å². The Morgan fingerprint density at radius 2 is 1.94 bits per heavy atom. The summed E-state index contributed by atoms with van der Waals surface area (Å²) >= 11 is 0. The van der Waals surface area contributed by atoms with Crippen molar-refractivity contribution in [2.45, 2.75) is 52.9 Å². The van der Waals surface area contributed by atoms with Crippen molar-refractivity contribution in [1.82, 2.24) is 5.32 Å². The van der Waals surface area contributed by atoms with Crippen LogP contribution in [0.4, 0.5) is 0 Å². The average Bonchev–Trinajstić information content (AvgIpc) is 2.33. The van der Waals surface area contributed by atoms with Crippen LogP contribution >= 0.6 is 0 Å². The predicted octanol–water partition coefficient (Wildman–Crippen LogP) is 2.64. The predicted molar refractivity (Wildman–Crippen MR) is 72.0 cm³/mol. The van der Waals surface area contributed by atoms with Crippen molar-refractivity contribution in [3.8, 4) is 6.07 Å². The summed E-state index contributed by atoms with van der Waals surface area (Å²) in [5, 5.41) is 12.1. The van der Waals surface area contributed by atoms with Crippen LogP contribution in [0.2, 0.25) is 0 Å². The fourth-order valence-corrected chi connectivity index (χ4v) is 1.59. The lowest BCUT2D eigenvalue weighted by molar-refractivity contribution is -0.143. The highest BCUT2D eigenvalue weighted by molar-refractivity contribution is 5.69. The van der Waals surface area contributed by atoms with Gasteiger partial charge in [0.25, 0.3) is 0 Å². The number of nitrogens with one attached hydrogen (secondary N) is 1. The van der Waals surface area contributed by atoms with Crippen LogP contribution in [0.5, 0.6) is 0 Å². The van der Waals surface area contributed by atoms with E-state index >= 15 is 0 Å². The average molecular weight is 254 g/mol. The quantitative estimate of drug-likeness (QED) is 0.481. The Morgan fingerprint density at radius 3 is 2.56 bits per heavy atom. The number of nitrogens with zero attached hydrogens (tertiary/aromatic N) is 1. The molecule has 0 aliphatic heterocycles. The molecule has 0 aromatic rings. The normalized spacial score (nSPS) is 11.0. The van der Waals surface area contributed by atoms with Crippen LogP contribution < -0.4 is 5.32 Å². The molecule has 0 aliphatic rings. The third-order valence-corrected chi connectivity index (χ3v) is 2.75. The van der Waals surface area contributed by atoms with E-state index < -0.39 is 0 Å². The summed E-state index contributed by atoms with van der Waals surface area (Å²) in [6, 6.07) is 2.31. The Morgan fingerprint density at radius 1 is 1.28 bits per heavy atom. The molecule has 0 saturated carbocycles. The van der Waals surface area contributed by atoms with Crippen LogP contribution in [0, 0.1) is 16.7 Å². The number of esters is 1. The van der Waals surface area contributed by atoms with Crippen molar-refractivity contribution < 1.29 is 9.53 Å². The van der Waals surface area contributed by atoms with E-state index in [0.29, 0.717) is 13.0 Å². The van der Waals surface area contributed by atoms with Crippen molar-refractivity contribution in [2.24, 2.45) is 5.41 Å². The maximum absolute atomic E-state index is 11.0. The first-order chi connectivity index (χ1) is 8.52. The summed E-state index contributed by atoms with van der Waals surface area (Å²) in [5.41, 5.74) is -0.204. The number of hydrogen-bond acceptors (Lipinski definition) is 4. The molecule has 0 radical (unpaired) electrons. The Balaban J connectivity index is 3.27. The van der Waals surface area contributed by atoms with E-state index in [1.807, 2.05) is 20.8 Å². The third-order valence-electron chi connectivity index (χ3n) is 2.75. The number of hydrogen-bond donors (Lipinski definition) is 1. The molecule has 0 spiro atoms. The van der Waals surface area contributed by atoms with Gasteiger partial charge in [0.05, 0.1) is 18.1 Å². The van der Waals surface area contributed by atoms with Crippen LogP contribution in [0.25, 0.3) is 0 Å². The Hall–Kier alpha value is -1.08. The van der Waals surface area contributed by atoms with Gasteiger partial charge in [0.2, 0.25) is 0 Å². The molecule has 0 bridgehead atoms. The minimum Gasteiger partial charge on any atom is -0.466 e. The third kappa shape index (κ3) is 10.1. The van der Waals surface area contributed by atoms with Crippen molar-refractivity contribution in [3.05, 3.63) is 0 Å². The van der Waals surface area contributed by atoms with Gasteiger partial charge in [-0.1, -0.05) is 6.42 Å². The SMILES string of the molecule is CCOC(=O)CCCNCCCCC(C)(C)C#N. The van der Waals surface area contributed by atoms with Crippen molar-refractivity contribution in [3.63, 3.8) is 0 Å². The van der Waals surface area contributed by atoms with Crippen LogP contribution in [-0.4, -0.2) is 25.7 Å². The van der Waals surface area contributed by atoms with Gasteiger partial charge in [0.15, 0.2) is 0 Å². The van der Waals surface area contributed by atoms with Crippen molar-refractivity contribution >= 4 is 5.97 Å². The van der Waals surface area contributed by atoms with E-state index in [1.54, 1.807) is 0 Å². The monoisotopic (exact) mass is 254 g/mol. The van der Waals surface area contributed by atoms with E-state index in [9.17, 15) is 4.79 Å². The number of carbonyl (C=O) groups excluding carboxylic acids is 1. The van der Waals surface area contributed by atoms with Gasteiger partial charge < -0.3 is 10.1 Å². The Bertz CT molecular complexity index is 269. The van der Waals surface area contributed by atoms with Gasteiger partial charge in [-0.25, -0.2) is 0 Å². The fraction of sp³-hybridized carbons (Fsp3) is 0.857. The number of carbonyl (C=O) groups is 1. The molecule has 4 heteroatoms. The lowest BCUT2D eigenvalue weighted by Gasteiger charge is -2.14. The summed E-state index contributed by atoms with van der Waals surface area (Å²) in [6.45, 7) is 8.02. The molecule has 4 nitrogen and oxygen atoms in total. The van der Waals surface area contributed by atoms with Crippen molar-refractivity contribution in [2.75, 3.05) is 19.7 Å². The molecule has 0 fully saturated rings. The summed E-state index contributed by atoms with van der Waals surface area (Å²) in [5.74, 6) is -0.116. The molecule has 0 rings (SSSR count). The molecule has 0 aromatic carbocycles. The molecule has 0 unspecified atom stereocenters. The standard InChI is InChI=1S/C14H26N2O2/c1-4-18-13(17)8-7-11-16-10-6-5-9-14(2,3)12-15/h16H,4-11H2,1-3H3. The smallest absolute Gasteiger partial charge is 0.305 e. The first-order valence-corrected chi connectivity index (χ1v) is 6.79. The second-order valence-electron chi connectivity index (χ2n) is 5.11. The number of ether oxygens (including phenoxy) is 1. The molecule has 0 atom stereocenters. The highest BCUT2D eigenvalue weighted by Gasteiger charge is 2.15. The largest absolute Gasteiger partial charge is 0.466 e. The van der Waals surface area contributed by atoms with Crippen LogP contribution in [-0.2, 0) is 9.53 Å². The molecule has 18 heavy (non-hydrogen) atoms. The topological polar surface area (TPSA) is 62.1 Å². The minimum atomic E-state index is -0.204. The molecular weight excluding hydrogens is 228 g/mol. The Labute approximate surface area is 111 Å². The van der Waals surface area contributed by atoms with Gasteiger partial charge >= 0.3 is 5.97 Å². The summed E-state index contributed by atoms with van der Waals surface area (Å²) < 4.78 is 4.84. The first kappa shape index (κ1) is 16.9. The molecule has 0 aliphatic carbocycles. The van der Waals surface area contributed by atoms with Gasteiger partial charge in [-0.2, -0.15) is 5.26 Å². The van der Waals surface area contributed by atoms with Gasteiger partial charge in [-0.15, -0.1) is 0 Å². The highest BCUT2D eigenvalue weighted by atomic mass is 16.5. The van der Waals surface area contributed by atoms with Gasteiger partial charge in [0.1, 0.15) is 0 Å². The van der Waals surface area contributed by atoms with Gasteiger partial charge in [0, 0.05) is 6.42 Å². The second-order valence-corrected chi connectivity index (χ2v) is 5.11. The minimum absolute atomic E-state index is 0.116. The zero-order valence-electron chi connectivity index (χ0n) is 11.9. The van der Waals surface area contributed by atoms with E-state index in [-0.39, 0.29) is 11.4 Å². The van der Waals surface area contributed by atoms with Crippen molar-refractivity contribution in [1.29, 1.82) is 5.26 Å². The van der Waals surface area contributed by atoms with E-state index in [4.69, 9.17) is 10.00 Å². The van der Waals surface area contributed by atoms with Crippen LogP contribution in [0.1, 0.15) is 52.9 Å².